The fourth-order valence-corrected chi connectivity index (χ4v) is 2.46. The normalized spacial score (nSPS) is 12.8. The molecule has 2 aromatic rings. The van der Waals surface area contributed by atoms with E-state index in [0.717, 1.165) is 18.2 Å². The van der Waals surface area contributed by atoms with E-state index in [1.165, 1.54) is 0 Å². The van der Waals surface area contributed by atoms with Gasteiger partial charge in [0.2, 0.25) is 0 Å². The second-order valence-electron chi connectivity index (χ2n) is 5.26. The van der Waals surface area contributed by atoms with Gasteiger partial charge in [-0.25, -0.2) is 0 Å². The van der Waals surface area contributed by atoms with Crippen LogP contribution in [0.1, 0.15) is 37.2 Å². The molecule has 1 amide bonds. The molecular weight excluding hydrogens is 268 g/mol. The molecule has 1 aromatic carbocycles. The maximum absolute atomic E-state index is 12.1. The zero-order valence-electron chi connectivity index (χ0n) is 12.4. The Labute approximate surface area is 124 Å². The van der Waals surface area contributed by atoms with Gasteiger partial charge in [-0.3, -0.25) is 4.79 Å². The summed E-state index contributed by atoms with van der Waals surface area (Å²) in [5.74, 6) is 0.0999. The Bertz CT molecular complexity index is 617. The molecule has 114 valence electrons. The lowest BCUT2D eigenvalue weighted by Crippen LogP contribution is -2.35. The number of fused-ring (bicyclic) bond motifs is 1. The van der Waals surface area contributed by atoms with Gasteiger partial charge >= 0.3 is 0 Å². The molecule has 0 aliphatic rings. The van der Waals surface area contributed by atoms with Gasteiger partial charge in [0.05, 0.1) is 6.10 Å². The average molecular weight is 290 g/mol. The third-order valence-corrected chi connectivity index (χ3v) is 3.83. The van der Waals surface area contributed by atoms with E-state index >= 15 is 0 Å². The number of carbonyl (C=O) groups excluding carboxylic acids is 1. The van der Waals surface area contributed by atoms with Crippen molar-refractivity contribution >= 4 is 22.6 Å². The minimum Gasteiger partial charge on any atom is -0.451 e. The van der Waals surface area contributed by atoms with Gasteiger partial charge in [0.25, 0.3) is 5.91 Å². The molecule has 0 saturated heterocycles. The van der Waals surface area contributed by atoms with Crippen LogP contribution in [0.25, 0.3) is 11.0 Å². The van der Waals surface area contributed by atoms with E-state index in [-0.39, 0.29) is 24.1 Å². The van der Waals surface area contributed by atoms with Gasteiger partial charge in [0.15, 0.2) is 5.76 Å². The van der Waals surface area contributed by atoms with Crippen molar-refractivity contribution in [2.45, 2.75) is 32.8 Å². The molecule has 21 heavy (non-hydrogen) atoms. The summed E-state index contributed by atoms with van der Waals surface area (Å²) >= 11 is 0. The van der Waals surface area contributed by atoms with E-state index in [0.29, 0.717) is 11.3 Å². The van der Waals surface area contributed by atoms with Crippen molar-refractivity contribution in [2.24, 2.45) is 5.92 Å². The molecule has 5 nitrogen and oxygen atoms in total. The number of nitrogens with one attached hydrogen (secondary N) is 1. The molecule has 0 aliphatic carbocycles. The molecule has 1 unspecified atom stereocenters. The summed E-state index contributed by atoms with van der Waals surface area (Å²) in [6.45, 7) is 4.29. The standard InChI is InChI=1S/C16H22N2O3/c1-3-10(4-2)13(19)9-18-16(20)15-8-11-7-12(17)5-6-14(11)21-15/h5-8,10,13,19H,3-4,9,17H2,1-2H3,(H,18,20). The van der Waals surface area contributed by atoms with Crippen LogP contribution in [0.15, 0.2) is 28.7 Å². The van der Waals surface area contributed by atoms with Gasteiger partial charge in [0, 0.05) is 17.6 Å². The summed E-state index contributed by atoms with van der Waals surface area (Å²) < 4.78 is 5.48. The van der Waals surface area contributed by atoms with Crippen LogP contribution in [-0.4, -0.2) is 23.7 Å². The minimum atomic E-state index is -0.538. The van der Waals surface area contributed by atoms with Crippen LogP contribution in [0.3, 0.4) is 0 Å². The highest BCUT2D eigenvalue weighted by Gasteiger charge is 2.18. The van der Waals surface area contributed by atoms with Crippen molar-refractivity contribution in [3.63, 3.8) is 0 Å². The lowest BCUT2D eigenvalue weighted by atomic mass is 9.96. The van der Waals surface area contributed by atoms with E-state index in [4.69, 9.17) is 10.2 Å². The Morgan fingerprint density at radius 2 is 2.05 bits per heavy atom. The summed E-state index contributed by atoms with van der Waals surface area (Å²) in [5.41, 5.74) is 6.94. The number of aliphatic hydroxyl groups excluding tert-OH is 1. The molecule has 0 spiro atoms. The first-order valence-electron chi connectivity index (χ1n) is 7.30. The number of amides is 1. The van der Waals surface area contributed by atoms with Crippen molar-refractivity contribution in [2.75, 3.05) is 12.3 Å². The summed E-state index contributed by atoms with van der Waals surface area (Å²) in [6.07, 6.45) is 1.23. The van der Waals surface area contributed by atoms with Crippen LogP contribution >= 0.6 is 0 Å². The molecule has 1 aromatic heterocycles. The summed E-state index contributed by atoms with van der Waals surface area (Å²) in [6, 6.07) is 6.88. The monoisotopic (exact) mass is 290 g/mol. The first-order chi connectivity index (χ1) is 10.0. The highest BCUT2D eigenvalue weighted by molar-refractivity contribution is 5.96. The fourth-order valence-electron chi connectivity index (χ4n) is 2.46. The Kier molecular flexibility index (Phi) is 4.85. The lowest BCUT2D eigenvalue weighted by molar-refractivity contribution is 0.0798. The van der Waals surface area contributed by atoms with Crippen LogP contribution in [0.2, 0.25) is 0 Å². The van der Waals surface area contributed by atoms with Crippen LogP contribution in [0.4, 0.5) is 5.69 Å². The van der Waals surface area contributed by atoms with E-state index < -0.39 is 6.10 Å². The summed E-state index contributed by atoms with van der Waals surface area (Å²) in [7, 11) is 0. The Balaban J connectivity index is 2.02. The van der Waals surface area contributed by atoms with Crippen molar-refractivity contribution < 1.29 is 14.3 Å². The molecule has 0 fully saturated rings. The van der Waals surface area contributed by atoms with E-state index in [1.54, 1.807) is 24.3 Å². The number of benzene rings is 1. The number of hydrogen-bond acceptors (Lipinski definition) is 4. The Morgan fingerprint density at radius 1 is 1.33 bits per heavy atom. The molecule has 1 heterocycles. The summed E-state index contributed by atoms with van der Waals surface area (Å²) in [5, 5.41) is 13.5. The molecule has 0 aliphatic heterocycles. The van der Waals surface area contributed by atoms with Crippen LogP contribution in [0.5, 0.6) is 0 Å². The molecule has 0 bridgehead atoms. The maximum Gasteiger partial charge on any atom is 0.287 e. The third-order valence-electron chi connectivity index (χ3n) is 3.83. The largest absolute Gasteiger partial charge is 0.451 e. The molecular formula is C16H22N2O3. The van der Waals surface area contributed by atoms with Crippen molar-refractivity contribution in [1.82, 2.24) is 5.32 Å². The number of nitrogens with two attached hydrogens (primary N) is 1. The molecule has 0 radical (unpaired) electrons. The highest BCUT2D eigenvalue weighted by Crippen LogP contribution is 2.21. The van der Waals surface area contributed by atoms with Crippen LogP contribution in [0, 0.1) is 5.92 Å². The number of rotatable bonds is 6. The Morgan fingerprint density at radius 3 is 2.71 bits per heavy atom. The number of carbonyl (C=O) groups is 1. The van der Waals surface area contributed by atoms with Gasteiger partial charge in [-0.15, -0.1) is 0 Å². The molecule has 1 atom stereocenters. The molecule has 2 rings (SSSR count). The zero-order valence-corrected chi connectivity index (χ0v) is 12.4. The molecule has 0 saturated carbocycles. The van der Waals surface area contributed by atoms with Gasteiger partial charge in [-0.05, 0) is 30.2 Å². The van der Waals surface area contributed by atoms with E-state index in [1.807, 2.05) is 13.8 Å². The molecule has 4 N–H and O–H groups in total. The number of nitrogen functional groups attached to an aromatic ring is 1. The number of furan rings is 1. The van der Waals surface area contributed by atoms with Crippen LogP contribution < -0.4 is 11.1 Å². The number of aliphatic hydroxyl groups is 1. The second-order valence-corrected chi connectivity index (χ2v) is 5.26. The van der Waals surface area contributed by atoms with E-state index in [9.17, 15) is 9.90 Å². The van der Waals surface area contributed by atoms with Crippen LogP contribution in [-0.2, 0) is 0 Å². The topological polar surface area (TPSA) is 88.5 Å². The Hall–Kier alpha value is -2.01. The first-order valence-corrected chi connectivity index (χ1v) is 7.30. The third kappa shape index (κ3) is 3.55. The van der Waals surface area contributed by atoms with Crippen molar-refractivity contribution in [3.05, 3.63) is 30.0 Å². The smallest absolute Gasteiger partial charge is 0.287 e. The lowest BCUT2D eigenvalue weighted by Gasteiger charge is -2.19. The highest BCUT2D eigenvalue weighted by atomic mass is 16.3. The van der Waals surface area contributed by atoms with E-state index in [2.05, 4.69) is 5.32 Å². The summed E-state index contributed by atoms with van der Waals surface area (Å²) in [4.78, 5) is 12.1. The van der Waals surface area contributed by atoms with Gasteiger partial charge in [0.1, 0.15) is 5.58 Å². The van der Waals surface area contributed by atoms with Gasteiger partial charge in [-0.2, -0.15) is 0 Å². The van der Waals surface area contributed by atoms with Crippen molar-refractivity contribution in [1.29, 1.82) is 0 Å². The first kappa shape index (κ1) is 15.4. The quantitative estimate of drug-likeness (QED) is 0.713. The zero-order chi connectivity index (χ0) is 15.4. The SMILES string of the molecule is CCC(CC)C(O)CNC(=O)c1cc2cc(N)ccc2o1. The minimum absolute atomic E-state index is 0.195. The number of hydrogen-bond donors (Lipinski definition) is 3. The van der Waals surface area contributed by atoms with Crippen molar-refractivity contribution in [3.8, 4) is 0 Å². The van der Waals surface area contributed by atoms with Gasteiger partial charge < -0.3 is 20.6 Å². The molecule has 5 heteroatoms. The maximum atomic E-state index is 12.1. The fraction of sp³-hybridized carbons (Fsp3) is 0.438. The number of anilines is 1. The predicted molar refractivity (Wildman–Crippen MR) is 83.0 cm³/mol. The predicted octanol–water partition coefficient (Wildman–Crippen LogP) is 2.54. The average Bonchev–Trinajstić information content (AvgIpc) is 2.89. The second kappa shape index (κ2) is 6.63. The van der Waals surface area contributed by atoms with Gasteiger partial charge in [-0.1, -0.05) is 26.7 Å².